The Labute approximate surface area is 179 Å². The number of aliphatic hydroxyl groups is 1. The predicted octanol–water partition coefficient (Wildman–Crippen LogP) is 3.70. The van der Waals surface area contributed by atoms with Gasteiger partial charge in [-0.25, -0.2) is 0 Å². The number of hydrogen-bond acceptors (Lipinski definition) is 5. The quantitative estimate of drug-likeness (QED) is 0.608. The largest absolute Gasteiger partial charge is 0.494 e. The van der Waals surface area contributed by atoms with Gasteiger partial charge in [0.2, 0.25) is 0 Å². The van der Waals surface area contributed by atoms with Crippen LogP contribution in [0.25, 0.3) is 11.1 Å². The van der Waals surface area contributed by atoms with Crippen molar-refractivity contribution in [1.82, 2.24) is 9.80 Å². The van der Waals surface area contributed by atoms with Crippen molar-refractivity contribution in [1.29, 1.82) is 0 Å². The van der Waals surface area contributed by atoms with Crippen LogP contribution < -0.4 is 9.47 Å². The molecule has 2 saturated heterocycles. The molecule has 2 aliphatic heterocycles. The molecule has 0 unspecified atom stereocenters. The SMILES string of the molecule is OC1c2cc(OCCCN3CCC3)ccc2-c2ccc(OCCCN3CCC3)cc21. The van der Waals surface area contributed by atoms with Gasteiger partial charge in [0.15, 0.2) is 0 Å². The van der Waals surface area contributed by atoms with E-state index in [1.54, 1.807) is 0 Å². The van der Waals surface area contributed by atoms with E-state index in [9.17, 15) is 5.11 Å². The van der Waals surface area contributed by atoms with Crippen molar-refractivity contribution in [3.63, 3.8) is 0 Å². The molecule has 2 aromatic rings. The Morgan fingerprint density at radius 3 is 1.60 bits per heavy atom. The van der Waals surface area contributed by atoms with E-state index < -0.39 is 6.10 Å². The van der Waals surface area contributed by atoms with Crippen LogP contribution in [-0.4, -0.2) is 67.4 Å². The summed E-state index contributed by atoms with van der Waals surface area (Å²) in [5, 5.41) is 10.9. The Hall–Kier alpha value is -2.08. The number of aliphatic hydroxyl groups excluding tert-OH is 1. The van der Waals surface area contributed by atoms with E-state index in [4.69, 9.17) is 9.47 Å². The van der Waals surface area contributed by atoms with Gasteiger partial charge in [-0.2, -0.15) is 0 Å². The highest BCUT2D eigenvalue weighted by molar-refractivity contribution is 5.79. The molecule has 3 aliphatic rings. The zero-order valence-electron chi connectivity index (χ0n) is 17.7. The summed E-state index contributed by atoms with van der Waals surface area (Å²) in [6, 6.07) is 12.2. The maximum atomic E-state index is 10.9. The minimum Gasteiger partial charge on any atom is -0.494 e. The van der Waals surface area contributed by atoms with Crippen molar-refractivity contribution in [2.75, 3.05) is 52.5 Å². The third kappa shape index (κ3) is 4.20. The first-order valence-corrected chi connectivity index (χ1v) is 11.4. The molecule has 0 bridgehead atoms. The summed E-state index contributed by atoms with van der Waals surface area (Å²) in [7, 11) is 0. The summed E-state index contributed by atoms with van der Waals surface area (Å²) in [6.07, 6.45) is 4.12. The number of likely N-dealkylation sites (tertiary alicyclic amines) is 2. The fraction of sp³-hybridized carbons (Fsp3) is 0.520. The number of rotatable bonds is 10. The summed E-state index contributed by atoms with van der Waals surface area (Å²) in [4.78, 5) is 4.91. The van der Waals surface area contributed by atoms with Crippen molar-refractivity contribution in [2.24, 2.45) is 0 Å². The fourth-order valence-corrected chi connectivity index (χ4v) is 4.54. The number of nitrogens with zero attached hydrogens (tertiary/aromatic N) is 2. The van der Waals surface area contributed by atoms with Gasteiger partial charge in [0.1, 0.15) is 17.6 Å². The molecule has 0 saturated carbocycles. The van der Waals surface area contributed by atoms with Crippen LogP contribution in [0, 0.1) is 0 Å². The third-order valence-corrected chi connectivity index (χ3v) is 6.60. The van der Waals surface area contributed by atoms with Gasteiger partial charge in [0.25, 0.3) is 0 Å². The lowest BCUT2D eigenvalue weighted by Gasteiger charge is -2.30. The van der Waals surface area contributed by atoms with Crippen LogP contribution in [0.3, 0.4) is 0 Å². The molecule has 0 amide bonds. The molecule has 0 aromatic heterocycles. The van der Waals surface area contributed by atoms with Crippen LogP contribution in [0.15, 0.2) is 36.4 Å². The second-order valence-corrected chi connectivity index (χ2v) is 8.70. The summed E-state index contributed by atoms with van der Waals surface area (Å²) in [6.45, 7) is 8.57. The highest BCUT2D eigenvalue weighted by Crippen LogP contribution is 2.45. The Bertz CT molecular complexity index is 805. The normalized spacial score (nSPS) is 18.4. The van der Waals surface area contributed by atoms with E-state index in [2.05, 4.69) is 21.9 Å². The van der Waals surface area contributed by atoms with Crippen molar-refractivity contribution in [2.45, 2.75) is 31.8 Å². The first-order valence-electron chi connectivity index (χ1n) is 11.4. The predicted molar refractivity (Wildman–Crippen MR) is 118 cm³/mol. The number of benzene rings is 2. The molecule has 2 aromatic carbocycles. The summed E-state index contributed by atoms with van der Waals surface area (Å²) in [5.74, 6) is 1.68. The summed E-state index contributed by atoms with van der Waals surface area (Å²) < 4.78 is 11.9. The van der Waals surface area contributed by atoms with Crippen LogP contribution in [-0.2, 0) is 0 Å². The maximum absolute atomic E-state index is 10.9. The number of hydrogen-bond donors (Lipinski definition) is 1. The minimum atomic E-state index is -0.621. The van der Waals surface area contributed by atoms with Crippen LogP contribution >= 0.6 is 0 Å². The van der Waals surface area contributed by atoms with Crippen molar-refractivity contribution >= 4 is 0 Å². The maximum Gasteiger partial charge on any atom is 0.119 e. The molecule has 1 N–H and O–H groups in total. The molecule has 5 heteroatoms. The Morgan fingerprint density at radius 1 is 0.733 bits per heavy atom. The molecule has 5 rings (SSSR count). The highest BCUT2D eigenvalue weighted by Gasteiger charge is 2.28. The van der Waals surface area contributed by atoms with Gasteiger partial charge in [-0.1, -0.05) is 12.1 Å². The smallest absolute Gasteiger partial charge is 0.119 e. The average molecular weight is 409 g/mol. The molecule has 0 spiro atoms. The first kappa shape index (κ1) is 19.9. The van der Waals surface area contributed by atoms with Gasteiger partial charge in [-0.3, -0.25) is 0 Å². The van der Waals surface area contributed by atoms with Gasteiger partial charge in [-0.05, 0) is 98.4 Å². The molecular formula is C25H32N2O3. The Kier molecular flexibility index (Phi) is 5.93. The molecule has 0 radical (unpaired) electrons. The van der Waals surface area contributed by atoms with Gasteiger partial charge in [-0.15, -0.1) is 0 Å². The second kappa shape index (κ2) is 8.96. The number of fused-ring (bicyclic) bond motifs is 3. The van der Waals surface area contributed by atoms with Crippen LogP contribution in [0.4, 0.5) is 0 Å². The molecular weight excluding hydrogens is 376 g/mol. The van der Waals surface area contributed by atoms with Crippen molar-refractivity contribution in [3.8, 4) is 22.6 Å². The first-order chi connectivity index (χ1) is 14.8. The van der Waals surface area contributed by atoms with Crippen molar-refractivity contribution in [3.05, 3.63) is 47.5 Å². The lowest BCUT2D eigenvalue weighted by molar-refractivity contribution is 0.165. The summed E-state index contributed by atoms with van der Waals surface area (Å²) in [5.41, 5.74) is 4.05. The topological polar surface area (TPSA) is 45.2 Å². The van der Waals surface area contributed by atoms with Gasteiger partial charge >= 0.3 is 0 Å². The molecule has 0 atom stereocenters. The third-order valence-electron chi connectivity index (χ3n) is 6.60. The van der Waals surface area contributed by atoms with Crippen molar-refractivity contribution < 1.29 is 14.6 Å². The molecule has 1 aliphatic carbocycles. The zero-order valence-corrected chi connectivity index (χ0v) is 17.7. The van der Waals surface area contributed by atoms with Gasteiger partial charge in [0, 0.05) is 13.1 Å². The van der Waals surface area contributed by atoms with E-state index in [1.807, 2.05) is 24.3 Å². The van der Waals surface area contributed by atoms with E-state index in [-0.39, 0.29) is 0 Å². The monoisotopic (exact) mass is 408 g/mol. The highest BCUT2D eigenvalue weighted by atomic mass is 16.5. The molecule has 30 heavy (non-hydrogen) atoms. The molecule has 5 nitrogen and oxygen atoms in total. The molecule has 160 valence electrons. The van der Waals surface area contributed by atoms with E-state index in [0.717, 1.165) is 59.7 Å². The Morgan fingerprint density at radius 2 is 1.20 bits per heavy atom. The number of ether oxygens (including phenoxy) is 2. The standard InChI is InChI=1S/C25H32N2O3/c28-25-23-17-19(29-15-3-13-26-9-1-10-26)5-7-21(23)22-8-6-20(18-24(22)25)30-16-4-14-27-11-2-12-27/h5-8,17-18,25,28H,1-4,9-16H2. The van der Waals surface area contributed by atoms with Crippen LogP contribution in [0.2, 0.25) is 0 Å². The van der Waals surface area contributed by atoms with Gasteiger partial charge in [0.05, 0.1) is 13.2 Å². The van der Waals surface area contributed by atoms with Crippen LogP contribution in [0.5, 0.6) is 11.5 Å². The lowest BCUT2D eigenvalue weighted by atomic mass is 10.1. The second-order valence-electron chi connectivity index (χ2n) is 8.70. The van der Waals surface area contributed by atoms with Gasteiger partial charge < -0.3 is 24.4 Å². The average Bonchev–Trinajstić information content (AvgIpc) is 2.96. The Balaban J connectivity index is 1.17. The fourth-order valence-electron chi connectivity index (χ4n) is 4.54. The molecule has 2 fully saturated rings. The van der Waals surface area contributed by atoms with E-state index >= 15 is 0 Å². The summed E-state index contributed by atoms with van der Waals surface area (Å²) >= 11 is 0. The molecule has 2 heterocycles. The van der Waals surface area contributed by atoms with E-state index in [0.29, 0.717) is 13.2 Å². The zero-order chi connectivity index (χ0) is 20.3. The van der Waals surface area contributed by atoms with Crippen LogP contribution in [0.1, 0.15) is 42.9 Å². The van der Waals surface area contributed by atoms with E-state index in [1.165, 1.54) is 39.0 Å². The minimum absolute atomic E-state index is 0.621. The lowest BCUT2D eigenvalue weighted by Crippen LogP contribution is -2.38.